The molecule has 1 unspecified atom stereocenters. The molecule has 0 spiro atoms. The van der Waals surface area contributed by atoms with Crippen molar-refractivity contribution >= 4 is 11.7 Å². The smallest absolute Gasteiger partial charge is 0.234 e. The highest BCUT2D eigenvalue weighted by atomic mass is 16.1. The maximum Gasteiger partial charge on any atom is 0.234 e. The second-order valence-electron chi connectivity index (χ2n) is 4.93. The number of nitrogens with zero attached hydrogens (tertiary/aromatic N) is 2. The molecule has 1 atom stereocenters. The number of carbonyl (C=O) groups is 1. The molecule has 1 saturated heterocycles. The van der Waals surface area contributed by atoms with Gasteiger partial charge in [-0.25, -0.2) is 4.98 Å². The third-order valence-corrected chi connectivity index (χ3v) is 3.47. The van der Waals surface area contributed by atoms with Crippen LogP contribution in [0.1, 0.15) is 31.9 Å². The van der Waals surface area contributed by atoms with Gasteiger partial charge in [-0.2, -0.15) is 0 Å². The summed E-state index contributed by atoms with van der Waals surface area (Å²) in [7, 11) is 0. The van der Waals surface area contributed by atoms with Crippen LogP contribution in [0.3, 0.4) is 0 Å². The van der Waals surface area contributed by atoms with Gasteiger partial charge >= 0.3 is 0 Å². The predicted octanol–water partition coefficient (Wildman–Crippen LogP) is 1.35. The first-order valence-corrected chi connectivity index (χ1v) is 6.94. The minimum atomic E-state index is -0.220. The topological polar surface area (TPSA) is 71.2 Å². The Morgan fingerprint density at radius 2 is 2.37 bits per heavy atom. The fourth-order valence-corrected chi connectivity index (χ4v) is 2.56. The summed E-state index contributed by atoms with van der Waals surface area (Å²) in [6, 6.07) is 5.80. The zero-order valence-electron chi connectivity index (χ0n) is 11.4. The van der Waals surface area contributed by atoms with Crippen LogP contribution >= 0.6 is 0 Å². The average molecular weight is 262 g/mol. The molecule has 0 saturated carbocycles. The van der Waals surface area contributed by atoms with Crippen LogP contribution in [-0.4, -0.2) is 34.9 Å². The molecule has 104 valence electrons. The molecule has 19 heavy (non-hydrogen) atoms. The van der Waals surface area contributed by atoms with Gasteiger partial charge in [-0.3, -0.25) is 9.69 Å². The van der Waals surface area contributed by atoms with Crippen LogP contribution in [0.15, 0.2) is 18.2 Å². The van der Waals surface area contributed by atoms with E-state index in [1.165, 1.54) is 0 Å². The van der Waals surface area contributed by atoms with Crippen LogP contribution in [-0.2, 0) is 11.3 Å². The summed E-state index contributed by atoms with van der Waals surface area (Å²) in [4.78, 5) is 18.2. The first-order valence-electron chi connectivity index (χ1n) is 6.94. The van der Waals surface area contributed by atoms with Crippen molar-refractivity contribution in [1.29, 1.82) is 0 Å². The number of pyridine rings is 1. The first kappa shape index (κ1) is 13.8. The largest absolute Gasteiger partial charge is 0.370 e. The van der Waals surface area contributed by atoms with Gasteiger partial charge in [0.1, 0.15) is 5.82 Å². The zero-order chi connectivity index (χ0) is 13.7. The summed E-state index contributed by atoms with van der Waals surface area (Å²) < 4.78 is 0. The Labute approximate surface area is 114 Å². The number of hydrogen-bond acceptors (Lipinski definition) is 4. The van der Waals surface area contributed by atoms with Crippen molar-refractivity contribution in [1.82, 2.24) is 9.88 Å². The van der Waals surface area contributed by atoms with Crippen LogP contribution in [0, 0.1) is 0 Å². The number of nitrogens with two attached hydrogens (primary N) is 1. The molecule has 0 aliphatic carbocycles. The van der Waals surface area contributed by atoms with Crippen LogP contribution < -0.4 is 11.1 Å². The lowest BCUT2D eigenvalue weighted by atomic mass is 10.0. The molecule has 1 aliphatic heterocycles. The molecule has 0 radical (unpaired) electrons. The van der Waals surface area contributed by atoms with E-state index in [0.29, 0.717) is 6.54 Å². The van der Waals surface area contributed by atoms with Gasteiger partial charge in [-0.1, -0.05) is 12.5 Å². The SMILES string of the molecule is CCNc1cccc(CN2CCCCC2C(N)=O)n1. The molecule has 1 fully saturated rings. The van der Waals surface area contributed by atoms with Crippen molar-refractivity contribution in [2.75, 3.05) is 18.4 Å². The molecule has 1 aromatic rings. The van der Waals surface area contributed by atoms with E-state index in [1.54, 1.807) is 0 Å². The van der Waals surface area contributed by atoms with E-state index >= 15 is 0 Å². The van der Waals surface area contributed by atoms with Crippen molar-refractivity contribution in [2.24, 2.45) is 5.73 Å². The quantitative estimate of drug-likeness (QED) is 0.840. The van der Waals surface area contributed by atoms with Crippen LogP contribution in [0.2, 0.25) is 0 Å². The Morgan fingerprint density at radius 1 is 1.53 bits per heavy atom. The van der Waals surface area contributed by atoms with Gasteiger partial charge in [0, 0.05) is 13.1 Å². The summed E-state index contributed by atoms with van der Waals surface area (Å²) in [6.45, 7) is 4.50. The highest BCUT2D eigenvalue weighted by molar-refractivity contribution is 5.79. The van der Waals surface area contributed by atoms with E-state index in [0.717, 1.165) is 43.9 Å². The Hall–Kier alpha value is -1.62. The highest BCUT2D eigenvalue weighted by Crippen LogP contribution is 2.19. The van der Waals surface area contributed by atoms with Gasteiger partial charge in [0.25, 0.3) is 0 Å². The number of primary amides is 1. The van der Waals surface area contributed by atoms with Crippen LogP contribution in [0.25, 0.3) is 0 Å². The minimum absolute atomic E-state index is 0.140. The second kappa shape index (κ2) is 6.52. The number of amides is 1. The number of carbonyl (C=O) groups excluding carboxylic acids is 1. The van der Waals surface area contributed by atoms with E-state index in [2.05, 4.69) is 15.2 Å². The van der Waals surface area contributed by atoms with Gasteiger partial charge in [0.05, 0.1) is 11.7 Å². The van der Waals surface area contributed by atoms with E-state index < -0.39 is 0 Å². The van der Waals surface area contributed by atoms with Crippen molar-refractivity contribution in [3.8, 4) is 0 Å². The summed E-state index contributed by atoms with van der Waals surface area (Å²) in [5.74, 6) is 0.662. The normalized spacial score (nSPS) is 20.2. The van der Waals surface area contributed by atoms with Crippen molar-refractivity contribution in [3.05, 3.63) is 23.9 Å². The van der Waals surface area contributed by atoms with Crippen molar-refractivity contribution < 1.29 is 4.79 Å². The monoisotopic (exact) mass is 262 g/mol. The van der Waals surface area contributed by atoms with Crippen molar-refractivity contribution in [2.45, 2.75) is 38.8 Å². The van der Waals surface area contributed by atoms with Crippen LogP contribution in [0.4, 0.5) is 5.82 Å². The second-order valence-corrected chi connectivity index (χ2v) is 4.93. The number of likely N-dealkylation sites (tertiary alicyclic amines) is 1. The molecule has 1 amide bonds. The molecule has 1 aliphatic rings. The predicted molar refractivity (Wildman–Crippen MR) is 75.6 cm³/mol. The first-order chi connectivity index (χ1) is 9.20. The molecule has 3 N–H and O–H groups in total. The Morgan fingerprint density at radius 3 is 3.11 bits per heavy atom. The molecule has 0 aromatic carbocycles. The molecule has 2 rings (SSSR count). The third-order valence-electron chi connectivity index (χ3n) is 3.47. The number of hydrogen-bond donors (Lipinski definition) is 2. The molecule has 2 heterocycles. The maximum absolute atomic E-state index is 11.5. The minimum Gasteiger partial charge on any atom is -0.370 e. The number of piperidine rings is 1. The number of rotatable bonds is 5. The Bertz CT molecular complexity index is 435. The molecular formula is C14H22N4O. The van der Waals surface area contributed by atoms with E-state index in [9.17, 15) is 4.79 Å². The fraction of sp³-hybridized carbons (Fsp3) is 0.571. The van der Waals surface area contributed by atoms with Gasteiger partial charge in [-0.15, -0.1) is 0 Å². The standard InChI is InChI=1S/C14H22N4O/c1-2-16-13-8-5-6-11(17-13)10-18-9-4-3-7-12(18)14(15)19/h5-6,8,12H,2-4,7,9-10H2,1H3,(H2,15,19)(H,16,17). The van der Waals surface area contributed by atoms with Gasteiger partial charge < -0.3 is 11.1 Å². The van der Waals surface area contributed by atoms with Crippen molar-refractivity contribution in [3.63, 3.8) is 0 Å². The zero-order valence-corrected chi connectivity index (χ0v) is 11.4. The molecular weight excluding hydrogens is 240 g/mol. The Kier molecular flexibility index (Phi) is 4.74. The lowest BCUT2D eigenvalue weighted by Crippen LogP contribution is -2.47. The van der Waals surface area contributed by atoms with Gasteiger partial charge in [0.15, 0.2) is 0 Å². The van der Waals surface area contributed by atoms with E-state index in [1.807, 2.05) is 25.1 Å². The maximum atomic E-state index is 11.5. The summed E-state index contributed by atoms with van der Waals surface area (Å²) in [5.41, 5.74) is 6.45. The molecule has 5 nitrogen and oxygen atoms in total. The van der Waals surface area contributed by atoms with Crippen LogP contribution in [0.5, 0.6) is 0 Å². The molecule has 1 aromatic heterocycles. The number of anilines is 1. The fourth-order valence-electron chi connectivity index (χ4n) is 2.56. The lowest BCUT2D eigenvalue weighted by molar-refractivity contribution is -0.124. The molecule has 5 heteroatoms. The lowest BCUT2D eigenvalue weighted by Gasteiger charge is -2.33. The van der Waals surface area contributed by atoms with Gasteiger partial charge in [0.2, 0.25) is 5.91 Å². The van der Waals surface area contributed by atoms with Gasteiger partial charge in [-0.05, 0) is 38.4 Å². The number of aromatic nitrogens is 1. The highest BCUT2D eigenvalue weighted by Gasteiger charge is 2.26. The third kappa shape index (κ3) is 3.67. The number of nitrogens with one attached hydrogen (secondary N) is 1. The summed E-state index contributed by atoms with van der Waals surface area (Å²) in [6.07, 6.45) is 3.06. The van der Waals surface area contributed by atoms with E-state index in [4.69, 9.17) is 5.73 Å². The molecule has 0 bridgehead atoms. The Balaban J connectivity index is 2.06. The summed E-state index contributed by atoms with van der Waals surface area (Å²) >= 11 is 0. The average Bonchev–Trinajstić information content (AvgIpc) is 2.40. The summed E-state index contributed by atoms with van der Waals surface area (Å²) in [5, 5.41) is 3.20. The van der Waals surface area contributed by atoms with E-state index in [-0.39, 0.29) is 11.9 Å².